The van der Waals surface area contributed by atoms with Gasteiger partial charge in [0, 0.05) is 6.04 Å². The molecule has 1 heterocycles. The molecule has 0 radical (unpaired) electrons. The van der Waals surface area contributed by atoms with E-state index in [1.54, 1.807) is 11.3 Å². The van der Waals surface area contributed by atoms with Crippen molar-refractivity contribution in [2.24, 2.45) is 5.41 Å². The van der Waals surface area contributed by atoms with E-state index in [4.69, 9.17) is 0 Å². The number of nitrogens with one attached hydrogen (secondary N) is 1. The maximum atomic E-state index is 3.50. The van der Waals surface area contributed by atoms with Crippen LogP contribution in [0.5, 0.6) is 0 Å². The summed E-state index contributed by atoms with van der Waals surface area (Å²) in [5, 5.41) is 7.93. The minimum atomic E-state index is 0.448. The molecule has 0 aliphatic carbocycles. The molecule has 0 spiro atoms. The molecule has 0 amide bonds. The SMILES string of the molecule is CC(C)NCCC(C)(C)CCc1ccsc1. The third-order valence-electron chi connectivity index (χ3n) is 3.02. The summed E-state index contributed by atoms with van der Waals surface area (Å²) in [5.41, 5.74) is 1.94. The lowest BCUT2D eigenvalue weighted by atomic mass is 9.83. The molecule has 0 saturated heterocycles. The maximum Gasteiger partial charge on any atom is 0.00103 e. The van der Waals surface area contributed by atoms with E-state index in [2.05, 4.69) is 49.8 Å². The predicted octanol–water partition coefficient (Wildman–Crippen LogP) is 4.10. The fraction of sp³-hybridized carbons (Fsp3) is 0.714. The van der Waals surface area contributed by atoms with Gasteiger partial charge in [0.15, 0.2) is 0 Å². The van der Waals surface area contributed by atoms with Crippen LogP contribution in [-0.2, 0) is 6.42 Å². The summed E-state index contributed by atoms with van der Waals surface area (Å²) in [7, 11) is 0. The van der Waals surface area contributed by atoms with E-state index < -0.39 is 0 Å². The van der Waals surface area contributed by atoms with Crippen LogP contribution in [0.2, 0.25) is 0 Å². The van der Waals surface area contributed by atoms with Crippen LogP contribution >= 0.6 is 11.3 Å². The Kier molecular flexibility index (Phi) is 5.50. The Bertz CT molecular complexity index is 275. The van der Waals surface area contributed by atoms with Gasteiger partial charge in [-0.3, -0.25) is 0 Å². The van der Waals surface area contributed by atoms with Crippen molar-refractivity contribution in [3.63, 3.8) is 0 Å². The van der Waals surface area contributed by atoms with Crippen LogP contribution in [0.4, 0.5) is 0 Å². The Morgan fingerprint density at radius 1 is 1.31 bits per heavy atom. The second-order valence-corrected chi connectivity index (χ2v) is 6.43. The third kappa shape index (κ3) is 5.66. The van der Waals surface area contributed by atoms with Gasteiger partial charge in [0.1, 0.15) is 0 Å². The summed E-state index contributed by atoms with van der Waals surface area (Å²) < 4.78 is 0. The van der Waals surface area contributed by atoms with Gasteiger partial charge < -0.3 is 5.32 Å². The summed E-state index contributed by atoms with van der Waals surface area (Å²) in [6.07, 6.45) is 3.76. The maximum absolute atomic E-state index is 3.50. The molecule has 0 aliphatic rings. The van der Waals surface area contributed by atoms with Gasteiger partial charge in [-0.05, 0) is 53.6 Å². The van der Waals surface area contributed by atoms with Crippen LogP contribution in [0, 0.1) is 5.41 Å². The fourth-order valence-corrected chi connectivity index (χ4v) is 2.44. The predicted molar refractivity (Wildman–Crippen MR) is 74.2 cm³/mol. The van der Waals surface area contributed by atoms with E-state index in [1.807, 2.05) is 0 Å². The van der Waals surface area contributed by atoms with Gasteiger partial charge in [0.25, 0.3) is 0 Å². The molecule has 16 heavy (non-hydrogen) atoms. The van der Waals surface area contributed by atoms with Crippen molar-refractivity contribution in [1.82, 2.24) is 5.32 Å². The molecule has 0 aromatic carbocycles. The molecule has 0 bridgehead atoms. The Hall–Kier alpha value is -0.340. The minimum absolute atomic E-state index is 0.448. The molecule has 92 valence electrons. The molecule has 0 fully saturated rings. The number of thiophene rings is 1. The number of rotatable bonds is 7. The molecular formula is C14H25NS. The first-order valence-corrected chi connectivity index (χ1v) is 7.18. The average molecular weight is 239 g/mol. The Labute approximate surface area is 104 Å². The van der Waals surface area contributed by atoms with Crippen LogP contribution < -0.4 is 5.32 Å². The standard InChI is InChI=1S/C14H25NS/c1-12(2)15-9-8-14(3,4)7-5-13-6-10-16-11-13/h6,10-12,15H,5,7-9H2,1-4H3. The lowest BCUT2D eigenvalue weighted by molar-refractivity contribution is 0.298. The van der Waals surface area contributed by atoms with E-state index in [0.29, 0.717) is 11.5 Å². The summed E-state index contributed by atoms with van der Waals surface area (Å²) in [6, 6.07) is 2.85. The van der Waals surface area contributed by atoms with Gasteiger partial charge >= 0.3 is 0 Å². The topological polar surface area (TPSA) is 12.0 Å². The Morgan fingerprint density at radius 3 is 2.62 bits per heavy atom. The highest BCUT2D eigenvalue weighted by Crippen LogP contribution is 2.27. The van der Waals surface area contributed by atoms with Gasteiger partial charge in [-0.2, -0.15) is 11.3 Å². The van der Waals surface area contributed by atoms with Crippen LogP contribution in [0.15, 0.2) is 16.8 Å². The molecule has 1 aromatic heterocycles. The van der Waals surface area contributed by atoms with E-state index >= 15 is 0 Å². The normalized spacial score (nSPS) is 12.3. The average Bonchev–Trinajstić information content (AvgIpc) is 2.66. The highest BCUT2D eigenvalue weighted by molar-refractivity contribution is 7.07. The van der Waals surface area contributed by atoms with E-state index in [9.17, 15) is 0 Å². The van der Waals surface area contributed by atoms with Crippen molar-refractivity contribution in [3.05, 3.63) is 22.4 Å². The zero-order chi connectivity index (χ0) is 12.0. The van der Waals surface area contributed by atoms with Crippen molar-refractivity contribution >= 4 is 11.3 Å². The second kappa shape index (κ2) is 6.41. The highest BCUT2D eigenvalue weighted by Gasteiger charge is 2.17. The second-order valence-electron chi connectivity index (χ2n) is 5.65. The van der Waals surface area contributed by atoms with Crippen LogP contribution in [0.25, 0.3) is 0 Å². The lowest BCUT2D eigenvalue weighted by Gasteiger charge is -2.25. The summed E-state index contributed by atoms with van der Waals surface area (Å²) >= 11 is 1.80. The zero-order valence-corrected chi connectivity index (χ0v) is 11.9. The van der Waals surface area contributed by atoms with Crippen LogP contribution in [0.3, 0.4) is 0 Å². The van der Waals surface area contributed by atoms with Crippen molar-refractivity contribution in [2.75, 3.05) is 6.54 Å². The van der Waals surface area contributed by atoms with E-state index in [0.717, 1.165) is 6.54 Å². The largest absolute Gasteiger partial charge is 0.315 e. The summed E-state index contributed by atoms with van der Waals surface area (Å²) in [6.45, 7) is 10.3. The summed E-state index contributed by atoms with van der Waals surface area (Å²) in [5.74, 6) is 0. The molecule has 1 aromatic rings. The molecule has 0 aliphatic heterocycles. The quantitative estimate of drug-likeness (QED) is 0.755. The van der Waals surface area contributed by atoms with Crippen molar-refractivity contribution < 1.29 is 0 Å². The van der Waals surface area contributed by atoms with Gasteiger partial charge in [-0.15, -0.1) is 0 Å². The fourth-order valence-electron chi connectivity index (χ4n) is 1.74. The van der Waals surface area contributed by atoms with Gasteiger partial charge in [-0.1, -0.05) is 27.7 Å². The Balaban J connectivity index is 2.23. The van der Waals surface area contributed by atoms with E-state index in [-0.39, 0.29) is 0 Å². The number of aryl methyl sites for hydroxylation is 1. The summed E-state index contributed by atoms with van der Waals surface area (Å²) in [4.78, 5) is 0. The minimum Gasteiger partial charge on any atom is -0.315 e. The van der Waals surface area contributed by atoms with Gasteiger partial charge in [-0.25, -0.2) is 0 Å². The molecule has 1 N–H and O–H groups in total. The molecular weight excluding hydrogens is 214 g/mol. The van der Waals surface area contributed by atoms with Gasteiger partial charge in [0.05, 0.1) is 0 Å². The third-order valence-corrected chi connectivity index (χ3v) is 3.76. The Morgan fingerprint density at radius 2 is 2.06 bits per heavy atom. The van der Waals surface area contributed by atoms with Crippen LogP contribution in [-0.4, -0.2) is 12.6 Å². The first-order valence-electron chi connectivity index (χ1n) is 6.24. The van der Waals surface area contributed by atoms with Crippen molar-refractivity contribution in [2.45, 2.75) is 53.0 Å². The molecule has 1 rings (SSSR count). The molecule has 0 saturated carbocycles. The lowest BCUT2D eigenvalue weighted by Crippen LogP contribution is -2.28. The molecule has 0 atom stereocenters. The van der Waals surface area contributed by atoms with E-state index in [1.165, 1.54) is 24.8 Å². The van der Waals surface area contributed by atoms with Crippen LogP contribution in [0.1, 0.15) is 46.1 Å². The first kappa shape index (κ1) is 13.7. The first-order chi connectivity index (χ1) is 7.49. The zero-order valence-electron chi connectivity index (χ0n) is 11.0. The number of hydrogen-bond acceptors (Lipinski definition) is 2. The highest BCUT2D eigenvalue weighted by atomic mass is 32.1. The smallest absolute Gasteiger partial charge is 0.00103 e. The molecule has 0 unspecified atom stereocenters. The molecule has 1 nitrogen and oxygen atoms in total. The van der Waals surface area contributed by atoms with Gasteiger partial charge in [0.2, 0.25) is 0 Å². The molecule has 2 heteroatoms. The number of hydrogen-bond donors (Lipinski definition) is 1. The monoisotopic (exact) mass is 239 g/mol. The van der Waals surface area contributed by atoms with Crippen molar-refractivity contribution in [3.8, 4) is 0 Å². The van der Waals surface area contributed by atoms with Crippen molar-refractivity contribution in [1.29, 1.82) is 0 Å².